The van der Waals surface area contributed by atoms with Crippen LogP contribution in [0.15, 0.2) is 0 Å². The minimum atomic E-state index is -2.19. The summed E-state index contributed by atoms with van der Waals surface area (Å²) in [6.07, 6.45) is 15.2. The molecule has 0 saturated heterocycles. The second-order valence-electron chi connectivity index (χ2n) is 9.69. The zero-order valence-corrected chi connectivity index (χ0v) is 25.5. The Labute approximate surface area is 210 Å². The van der Waals surface area contributed by atoms with Crippen LogP contribution in [0.4, 0.5) is 0 Å². The summed E-state index contributed by atoms with van der Waals surface area (Å²) in [6, 6.07) is 4.45. The SMILES string of the molecule is CCCCO[Si](CCCC)(CCC[Si](CCCC)(OCCCC)OCCCC)OCCCC. The van der Waals surface area contributed by atoms with Crippen molar-refractivity contribution < 1.29 is 17.7 Å². The molecular formula is C27H60O4Si2. The Morgan fingerprint density at radius 2 is 0.576 bits per heavy atom. The molecule has 0 unspecified atom stereocenters. The molecule has 0 aromatic heterocycles. The number of hydrogen-bond acceptors (Lipinski definition) is 4. The summed E-state index contributed by atoms with van der Waals surface area (Å²) in [5.41, 5.74) is 0. The van der Waals surface area contributed by atoms with Crippen LogP contribution in [-0.4, -0.2) is 43.5 Å². The van der Waals surface area contributed by atoms with Gasteiger partial charge < -0.3 is 17.7 Å². The molecule has 200 valence electrons. The molecule has 0 heterocycles. The van der Waals surface area contributed by atoms with Crippen LogP contribution in [0.25, 0.3) is 0 Å². The van der Waals surface area contributed by atoms with Gasteiger partial charge in [0.05, 0.1) is 0 Å². The molecule has 0 rings (SSSR count). The predicted molar refractivity (Wildman–Crippen MR) is 149 cm³/mol. The first-order valence-electron chi connectivity index (χ1n) is 14.6. The van der Waals surface area contributed by atoms with Crippen molar-refractivity contribution in [3.63, 3.8) is 0 Å². The Hall–Kier alpha value is 0.274. The lowest BCUT2D eigenvalue weighted by atomic mass is 10.4. The summed E-state index contributed by atoms with van der Waals surface area (Å²) in [7, 11) is -4.37. The van der Waals surface area contributed by atoms with Gasteiger partial charge in [0.2, 0.25) is 0 Å². The van der Waals surface area contributed by atoms with Crippen molar-refractivity contribution in [1.29, 1.82) is 0 Å². The van der Waals surface area contributed by atoms with Crippen molar-refractivity contribution in [2.75, 3.05) is 26.4 Å². The fourth-order valence-electron chi connectivity index (χ4n) is 4.04. The second-order valence-corrected chi connectivity index (χ2v) is 16.5. The lowest BCUT2D eigenvalue weighted by molar-refractivity contribution is 0.156. The third-order valence-electron chi connectivity index (χ3n) is 6.39. The quantitative estimate of drug-likeness (QED) is 0.0869. The van der Waals surface area contributed by atoms with Crippen molar-refractivity contribution in [3.05, 3.63) is 0 Å². The van der Waals surface area contributed by atoms with E-state index in [1.54, 1.807) is 0 Å². The van der Waals surface area contributed by atoms with Crippen LogP contribution in [0.3, 0.4) is 0 Å². The smallest absolute Gasteiger partial charge is 0.338 e. The first-order chi connectivity index (χ1) is 16.1. The van der Waals surface area contributed by atoms with Gasteiger partial charge >= 0.3 is 17.1 Å². The molecule has 0 saturated carbocycles. The number of unbranched alkanes of at least 4 members (excludes halogenated alkanes) is 6. The largest absolute Gasteiger partial charge is 0.394 e. The molecule has 0 fully saturated rings. The van der Waals surface area contributed by atoms with Crippen LogP contribution in [0.2, 0.25) is 24.2 Å². The van der Waals surface area contributed by atoms with E-state index in [-0.39, 0.29) is 0 Å². The Balaban J connectivity index is 5.38. The number of rotatable bonds is 26. The van der Waals surface area contributed by atoms with Gasteiger partial charge in [0, 0.05) is 26.4 Å². The Morgan fingerprint density at radius 1 is 0.333 bits per heavy atom. The fourth-order valence-corrected chi connectivity index (χ4v) is 11.5. The third-order valence-corrected chi connectivity index (χ3v) is 13.8. The Morgan fingerprint density at radius 3 is 0.818 bits per heavy atom. The van der Waals surface area contributed by atoms with Crippen molar-refractivity contribution in [3.8, 4) is 0 Å². The van der Waals surface area contributed by atoms with Gasteiger partial charge in [-0.3, -0.25) is 0 Å². The molecule has 0 radical (unpaired) electrons. The van der Waals surface area contributed by atoms with Gasteiger partial charge in [-0.1, -0.05) is 92.9 Å². The van der Waals surface area contributed by atoms with Gasteiger partial charge in [-0.15, -0.1) is 0 Å². The standard InChI is InChI=1S/C27H60O4Si2/c1-7-13-20-28-32(24-17-11-5,29-21-14-8-2)26-19-27-33(25-18-12-6,30-22-15-9-3)31-23-16-10-4/h7-27H2,1-6H3. The van der Waals surface area contributed by atoms with E-state index in [9.17, 15) is 0 Å². The third kappa shape index (κ3) is 16.6. The van der Waals surface area contributed by atoms with Crippen LogP contribution in [0, 0.1) is 0 Å². The van der Waals surface area contributed by atoms with Gasteiger partial charge in [0.25, 0.3) is 0 Å². The molecule has 0 spiro atoms. The molecule has 0 aliphatic carbocycles. The van der Waals surface area contributed by atoms with Crippen LogP contribution in [0.5, 0.6) is 0 Å². The molecule has 0 atom stereocenters. The lowest BCUT2D eigenvalue weighted by Gasteiger charge is -2.34. The molecular weight excluding hydrogens is 444 g/mol. The van der Waals surface area contributed by atoms with Crippen LogP contribution < -0.4 is 0 Å². The monoisotopic (exact) mass is 504 g/mol. The molecule has 0 N–H and O–H groups in total. The minimum Gasteiger partial charge on any atom is -0.394 e. The second kappa shape index (κ2) is 22.7. The average molecular weight is 505 g/mol. The summed E-state index contributed by atoms with van der Waals surface area (Å²) in [5, 5.41) is 0. The normalized spacial score (nSPS) is 12.5. The maximum absolute atomic E-state index is 6.66. The van der Waals surface area contributed by atoms with Gasteiger partial charge in [-0.2, -0.15) is 0 Å². The lowest BCUT2D eigenvalue weighted by Crippen LogP contribution is -2.45. The van der Waals surface area contributed by atoms with Crippen molar-refractivity contribution in [2.24, 2.45) is 0 Å². The van der Waals surface area contributed by atoms with E-state index in [4.69, 9.17) is 17.7 Å². The minimum absolute atomic E-state index is 0.858. The molecule has 4 nitrogen and oxygen atoms in total. The summed E-state index contributed by atoms with van der Waals surface area (Å²) in [4.78, 5) is 0. The molecule has 0 bridgehead atoms. The highest BCUT2D eigenvalue weighted by Gasteiger charge is 2.41. The highest BCUT2D eigenvalue weighted by molar-refractivity contribution is 6.69. The van der Waals surface area contributed by atoms with E-state index in [1.807, 2.05) is 0 Å². The van der Waals surface area contributed by atoms with E-state index >= 15 is 0 Å². The fraction of sp³-hybridized carbons (Fsp3) is 1.00. The van der Waals surface area contributed by atoms with E-state index in [1.165, 1.54) is 51.4 Å². The molecule has 6 heteroatoms. The molecule has 0 aliphatic heterocycles. The zero-order valence-electron chi connectivity index (χ0n) is 23.5. The van der Waals surface area contributed by atoms with Crippen molar-refractivity contribution in [2.45, 2.75) is 149 Å². The maximum atomic E-state index is 6.66. The summed E-state index contributed by atoms with van der Waals surface area (Å²) in [6.45, 7) is 17.0. The first kappa shape index (κ1) is 33.3. The van der Waals surface area contributed by atoms with Gasteiger partial charge in [-0.05, 0) is 56.3 Å². The summed E-state index contributed by atoms with van der Waals surface area (Å²) >= 11 is 0. The van der Waals surface area contributed by atoms with Gasteiger partial charge in [0.15, 0.2) is 0 Å². The van der Waals surface area contributed by atoms with E-state index in [0.717, 1.165) is 82.7 Å². The first-order valence-corrected chi connectivity index (χ1v) is 19.1. The highest BCUT2D eigenvalue weighted by atomic mass is 28.4. The van der Waals surface area contributed by atoms with E-state index in [2.05, 4.69) is 41.5 Å². The van der Waals surface area contributed by atoms with Crippen molar-refractivity contribution >= 4 is 17.1 Å². The number of hydrogen-bond donors (Lipinski definition) is 0. The average Bonchev–Trinajstić information content (AvgIpc) is 2.82. The molecule has 0 aromatic carbocycles. The van der Waals surface area contributed by atoms with Gasteiger partial charge in [-0.25, -0.2) is 0 Å². The van der Waals surface area contributed by atoms with Crippen LogP contribution in [0.1, 0.15) is 125 Å². The van der Waals surface area contributed by atoms with Crippen molar-refractivity contribution in [1.82, 2.24) is 0 Å². The molecule has 0 aromatic rings. The molecule has 33 heavy (non-hydrogen) atoms. The van der Waals surface area contributed by atoms with Crippen LogP contribution >= 0.6 is 0 Å². The van der Waals surface area contributed by atoms with E-state index in [0.29, 0.717) is 0 Å². The maximum Gasteiger partial charge on any atom is 0.338 e. The van der Waals surface area contributed by atoms with E-state index < -0.39 is 17.1 Å². The van der Waals surface area contributed by atoms with Gasteiger partial charge in [0.1, 0.15) is 0 Å². The Bertz CT molecular complexity index is 354. The zero-order chi connectivity index (χ0) is 24.7. The molecule has 0 amide bonds. The van der Waals surface area contributed by atoms with Crippen LogP contribution in [-0.2, 0) is 17.7 Å². The summed E-state index contributed by atoms with van der Waals surface area (Å²) < 4.78 is 26.6. The Kier molecular flexibility index (Phi) is 22.9. The predicted octanol–water partition coefficient (Wildman–Crippen LogP) is 9.13. The summed E-state index contributed by atoms with van der Waals surface area (Å²) in [5.74, 6) is 0. The topological polar surface area (TPSA) is 36.9 Å². The molecule has 0 aliphatic rings. The highest BCUT2D eigenvalue weighted by Crippen LogP contribution is 2.31.